The molecule has 1 aliphatic rings. The van der Waals surface area contributed by atoms with Gasteiger partial charge in [0.15, 0.2) is 0 Å². The van der Waals surface area contributed by atoms with Crippen molar-refractivity contribution in [2.75, 3.05) is 25.1 Å². The monoisotopic (exact) mass is 473 g/mol. The van der Waals surface area contributed by atoms with Gasteiger partial charge < -0.3 is 10.4 Å². The van der Waals surface area contributed by atoms with E-state index >= 15 is 0 Å². The molecule has 0 fully saturated rings. The number of para-hydroxylation sites is 1. The summed E-state index contributed by atoms with van der Waals surface area (Å²) in [6.45, 7) is 0.0376. The van der Waals surface area contributed by atoms with Gasteiger partial charge in [0.2, 0.25) is 0 Å². The zero-order valence-corrected chi connectivity index (χ0v) is 16.1. The van der Waals surface area contributed by atoms with Gasteiger partial charge in [0.25, 0.3) is 11.5 Å². The summed E-state index contributed by atoms with van der Waals surface area (Å²) in [5.74, 6) is -0.728. The van der Waals surface area contributed by atoms with Crippen LogP contribution in [0.5, 0.6) is 0 Å². The van der Waals surface area contributed by atoms with Gasteiger partial charge in [-0.05, 0) is 46.7 Å². The van der Waals surface area contributed by atoms with Gasteiger partial charge in [-0.1, -0.05) is 12.1 Å². The molecule has 0 atom stereocenters. The van der Waals surface area contributed by atoms with Crippen LogP contribution in [0, 0.1) is 9.39 Å². The maximum absolute atomic E-state index is 14.1. The van der Waals surface area contributed by atoms with E-state index in [1.54, 1.807) is 12.1 Å². The minimum atomic E-state index is -0.496. The first-order valence-corrected chi connectivity index (χ1v) is 9.02. The average Bonchev–Trinajstić information content (AvgIpc) is 2.64. The quantitative estimate of drug-likeness (QED) is 0.648. The first kappa shape index (κ1) is 18.8. The van der Waals surface area contributed by atoms with Gasteiger partial charge in [-0.25, -0.2) is 9.45 Å². The van der Waals surface area contributed by atoms with Crippen LogP contribution in [0.25, 0.3) is 0 Å². The molecular weight excluding hydrogens is 456 g/mol. The van der Waals surface area contributed by atoms with E-state index in [4.69, 9.17) is 9.94 Å². The van der Waals surface area contributed by atoms with E-state index in [1.807, 2.05) is 22.6 Å². The molecule has 26 heavy (non-hydrogen) atoms. The van der Waals surface area contributed by atoms with Crippen molar-refractivity contribution in [3.63, 3.8) is 0 Å². The number of anilines is 2. The number of benzene rings is 1. The number of fused-ring (bicyclic) bond motifs is 1. The second-order valence-electron chi connectivity index (χ2n) is 5.70. The average molecular weight is 473 g/mol. The smallest absolute Gasteiger partial charge is 0.281 e. The van der Waals surface area contributed by atoms with Crippen LogP contribution in [0.4, 0.5) is 15.9 Å². The van der Waals surface area contributed by atoms with Crippen LogP contribution in [0.3, 0.4) is 0 Å². The molecule has 0 bridgehead atoms. The zero-order valence-electron chi connectivity index (χ0n) is 14.0. The summed E-state index contributed by atoms with van der Waals surface area (Å²) in [7, 11) is 1.52. The van der Waals surface area contributed by atoms with Crippen LogP contribution >= 0.6 is 22.6 Å². The second kappa shape index (κ2) is 7.72. The van der Waals surface area contributed by atoms with Crippen LogP contribution in [-0.4, -0.2) is 40.4 Å². The van der Waals surface area contributed by atoms with Crippen molar-refractivity contribution in [1.82, 2.24) is 9.63 Å². The van der Waals surface area contributed by atoms with Crippen LogP contribution in [-0.2, 0) is 18.3 Å². The molecule has 138 valence electrons. The molecule has 0 unspecified atom stereocenters. The molecular formula is C17H17FIN3O4. The van der Waals surface area contributed by atoms with Crippen LogP contribution < -0.4 is 10.9 Å². The SMILES string of the molecule is Cn1c(Nc2ccccc2F)c2c(c(I)c1=O)CCN(OCCO)C2=O. The molecule has 1 aromatic carbocycles. The van der Waals surface area contributed by atoms with Crippen molar-refractivity contribution in [3.8, 4) is 0 Å². The van der Waals surface area contributed by atoms with Crippen molar-refractivity contribution in [3.05, 3.63) is 55.1 Å². The highest BCUT2D eigenvalue weighted by Crippen LogP contribution is 2.30. The Morgan fingerprint density at radius 3 is 2.77 bits per heavy atom. The van der Waals surface area contributed by atoms with E-state index in [9.17, 15) is 14.0 Å². The summed E-state index contributed by atoms with van der Waals surface area (Å²) in [6, 6.07) is 6.02. The number of aliphatic hydroxyl groups is 1. The third-order valence-electron chi connectivity index (χ3n) is 4.10. The van der Waals surface area contributed by atoms with Gasteiger partial charge in [-0.2, -0.15) is 0 Å². The number of hydrogen-bond acceptors (Lipinski definition) is 5. The predicted molar refractivity (Wildman–Crippen MR) is 102 cm³/mol. The lowest BCUT2D eigenvalue weighted by atomic mass is 10.0. The number of carbonyl (C=O) groups is 1. The molecule has 3 rings (SSSR count). The Morgan fingerprint density at radius 2 is 2.08 bits per heavy atom. The molecule has 0 aliphatic carbocycles. The largest absolute Gasteiger partial charge is 0.394 e. The number of aromatic nitrogens is 1. The van der Waals surface area contributed by atoms with Crippen molar-refractivity contribution in [2.24, 2.45) is 7.05 Å². The minimum Gasteiger partial charge on any atom is -0.394 e. The Hall–Kier alpha value is -1.98. The van der Waals surface area contributed by atoms with Gasteiger partial charge in [-0.3, -0.25) is 19.0 Å². The minimum absolute atomic E-state index is 0.0139. The molecule has 1 aromatic heterocycles. The molecule has 9 heteroatoms. The number of hydroxylamine groups is 2. The van der Waals surface area contributed by atoms with Crippen molar-refractivity contribution in [1.29, 1.82) is 0 Å². The maximum atomic E-state index is 14.1. The number of amides is 1. The van der Waals surface area contributed by atoms with Crippen LogP contribution in [0.2, 0.25) is 0 Å². The van der Waals surface area contributed by atoms with Gasteiger partial charge in [0.05, 0.1) is 34.6 Å². The van der Waals surface area contributed by atoms with Gasteiger partial charge in [0.1, 0.15) is 11.6 Å². The highest BCUT2D eigenvalue weighted by atomic mass is 127. The molecule has 2 aromatic rings. The Balaban J connectivity index is 2.13. The second-order valence-corrected chi connectivity index (χ2v) is 6.78. The summed E-state index contributed by atoms with van der Waals surface area (Å²) in [4.78, 5) is 30.7. The summed E-state index contributed by atoms with van der Waals surface area (Å²) in [6.07, 6.45) is 0.423. The molecule has 1 aliphatic heterocycles. The first-order chi connectivity index (χ1) is 12.5. The zero-order chi connectivity index (χ0) is 18.8. The molecule has 2 heterocycles. The molecule has 0 radical (unpaired) electrons. The normalized spacial score (nSPS) is 13.7. The molecule has 7 nitrogen and oxygen atoms in total. The van der Waals surface area contributed by atoms with Gasteiger partial charge in [-0.15, -0.1) is 0 Å². The Kier molecular flexibility index (Phi) is 5.58. The van der Waals surface area contributed by atoms with E-state index in [-0.39, 0.29) is 42.4 Å². The van der Waals surface area contributed by atoms with Crippen LogP contribution in [0.1, 0.15) is 15.9 Å². The predicted octanol–water partition coefficient (Wildman–Crippen LogP) is 1.79. The fourth-order valence-electron chi connectivity index (χ4n) is 2.81. The topological polar surface area (TPSA) is 83.8 Å². The molecule has 0 spiro atoms. The Morgan fingerprint density at radius 1 is 1.35 bits per heavy atom. The number of hydrogen-bond donors (Lipinski definition) is 2. The van der Waals surface area contributed by atoms with E-state index in [0.717, 1.165) is 5.06 Å². The summed E-state index contributed by atoms with van der Waals surface area (Å²) < 4.78 is 15.8. The molecule has 0 saturated heterocycles. The van der Waals surface area contributed by atoms with E-state index < -0.39 is 11.7 Å². The lowest BCUT2D eigenvalue weighted by Crippen LogP contribution is -2.41. The fourth-order valence-corrected chi connectivity index (χ4v) is 3.71. The van der Waals surface area contributed by atoms with Crippen molar-refractivity contribution in [2.45, 2.75) is 6.42 Å². The summed E-state index contributed by atoms with van der Waals surface area (Å²) in [5, 5.41) is 13.0. The number of aliphatic hydroxyl groups excluding tert-OH is 1. The fraction of sp³-hybridized carbons (Fsp3) is 0.294. The van der Waals surface area contributed by atoms with E-state index in [0.29, 0.717) is 15.6 Å². The Labute approximate surface area is 162 Å². The van der Waals surface area contributed by atoms with Crippen LogP contribution in [0.15, 0.2) is 29.1 Å². The van der Waals surface area contributed by atoms with E-state index in [1.165, 1.54) is 23.7 Å². The number of pyridine rings is 1. The summed E-state index contributed by atoms with van der Waals surface area (Å²) in [5.41, 5.74) is 0.776. The standard InChI is InChI=1S/C17H17FIN3O4/c1-21-15(20-12-5-3-2-4-11(12)18)13-10(14(19)17(21)25)6-7-22(16(13)24)26-9-8-23/h2-5,20,23H,6-9H2,1H3. The number of rotatable bonds is 5. The number of halogens is 2. The van der Waals surface area contributed by atoms with Gasteiger partial charge in [0, 0.05) is 7.05 Å². The lowest BCUT2D eigenvalue weighted by molar-refractivity contribution is -0.132. The first-order valence-electron chi connectivity index (χ1n) is 7.94. The Bertz CT molecular complexity index is 916. The molecule has 0 saturated carbocycles. The number of nitrogens with one attached hydrogen (secondary N) is 1. The summed E-state index contributed by atoms with van der Waals surface area (Å²) >= 11 is 1.93. The van der Waals surface area contributed by atoms with Crippen molar-refractivity contribution >= 4 is 40.0 Å². The lowest BCUT2D eigenvalue weighted by Gasteiger charge is -2.30. The highest BCUT2D eigenvalue weighted by Gasteiger charge is 2.32. The number of nitrogens with zero attached hydrogens (tertiary/aromatic N) is 2. The number of carbonyl (C=O) groups excluding carboxylic acids is 1. The third-order valence-corrected chi connectivity index (χ3v) is 5.21. The maximum Gasteiger partial charge on any atom is 0.281 e. The molecule has 1 amide bonds. The molecule has 2 N–H and O–H groups in total. The van der Waals surface area contributed by atoms with Gasteiger partial charge >= 0.3 is 0 Å². The third kappa shape index (κ3) is 3.33. The van der Waals surface area contributed by atoms with E-state index in [2.05, 4.69) is 5.32 Å². The van der Waals surface area contributed by atoms with Crippen molar-refractivity contribution < 1.29 is 19.1 Å². The highest BCUT2D eigenvalue weighted by molar-refractivity contribution is 14.1.